The van der Waals surface area contributed by atoms with E-state index >= 15 is 0 Å². The molecule has 74 valence electrons. The third-order valence-electron chi connectivity index (χ3n) is 3.31. The summed E-state index contributed by atoms with van der Waals surface area (Å²) in [5.74, 6) is 1.63. The fourth-order valence-corrected chi connectivity index (χ4v) is 2.69. The molecule has 1 saturated carbocycles. The van der Waals surface area contributed by atoms with Crippen molar-refractivity contribution >= 4 is 5.78 Å². The van der Waals surface area contributed by atoms with E-state index in [2.05, 4.69) is 18.7 Å². The molecule has 3 rings (SSSR count). The Balaban J connectivity index is 1.98. The molecule has 2 aliphatic heterocycles. The van der Waals surface area contributed by atoms with Crippen molar-refractivity contribution in [2.45, 2.75) is 39.2 Å². The van der Waals surface area contributed by atoms with Gasteiger partial charge in [-0.05, 0) is 18.8 Å². The molecule has 1 aliphatic carbocycles. The minimum atomic E-state index is 0.378. The van der Waals surface area contributed by atoms with Crippen molar-refractivity contribution in [3.8, 4) is 0 Å². The summed E-state index contributed by atoms with van der Waals surface area (Å²) in [5, 5.41) is 0. The average molecular weight is 181 g/mol. The summed E-state index contributed by atoms with van der Waals surface area (Å²) in [6.45, 7) is 6.73. The number of hydrogen-bond acceptors (Lipinski definition) is 2. The van der Waals surface area contributed by atoms with E-state index in [0.717, 1.165) is 25.3 Å². The molecule has 2 heterocycles. The molecule has 3 aliphatic rings. The van der Waals surface area contributed by atoms with Gasteiger partial charge in [0.15, 0.2) is 0 Å². The maximum absolute atomic E-state index is 11.5. The zero-order chi connectivity index (χ0) is 9.42. The molecule has 2 atom stereocenters. The van der Waals surface area contributed by atoms with Crippen LogP contribution in [0.2, 0.25) is 0 Å². The first-order valence-electron chi connectivity index (χ1n) is 5.43. The molecular weight excluding hydrogens is 162 g/mol. The molecule has 2 saturated heterocycles. The Hall–Kier alpha value is -0.370. The summed E-state index contributed by atoms with van der Waals surface area (Å²) in [6.07, 6.45) is 3.23. The van der Waals surface area contributed by atoms with Crippen molar-refractivity contribution in [3.05, 3.63) is 0 Å². The molecule has 2 bridgehead atoms. The fraction of sp³-hybridized carbons (Fsp3) is 0.909. The summed E-state index contributed by atoms with van der Waals surface area (Å²) in [4.78, 5) is 14.0. The second kappa shape index (κ2) is 3.41. The van der Waals surface area contributed by atoms with E-state index in [4.69, 9.17) is 0 Å². The van der Waals surface area contributed by atoms with Crippen LogP contribution in [0.5, 0.6) is 0 Å². The Morgan fingerprint density at radius 1 is 1.46 bits per heavy atom. The second-order valence-corrected chi connectivity index (χ2v) is 4.95. The highest BCUT2D eigenvalue weighted by Crippen LogP contribution is 2.32. The van der Waals surface area contributed by atoms with E-state index in [9.17, 15) is 4.79 Å². The van der Waals surface area contributed by atoms with Crippen LogP contribution in [0.25, 0.3) is 0 Å². The number of Topliss-reactive ketones (excluding diaryl/α,β-unsaturated/α-hetero) is 1. The average Bonchev–Trinajstić information content (AvgIpc) is 2.05. The van der Waals surface area contributed by atoms with Crippen LogP contribution < -0.4 is 0 Å². The summed E-state index contributed by atoms with van der Waals surface area (Å²) < 4.78 is 0. The molecular formula is C11H19NO. The molecule has 0 aromatic carbocycles. The lowest BCUT2D eigenvalue weighted by Gasteiger charge is -2.45. The topological polar surface area (TPSA) is 20.3 Å². The SMILES string of the molecule is CC(C)CN1CC2CCC1CC2=O. The predicted octanol–water partition coefficient (Wildman–Crippen LogP) is 1.70. The number of carbonyl (C=O) groups excluding carboxylic acids is 1. The summed E-state index contributed by atoms with van der Waals surface area (Å²) in [5.41, 5.74) is 0. The van der Waals surface area contributed by atoms with Crippen molar-refractivity contribution in [2.75, 3.05) is 13.1 Å². The molecule has 0 N–H and O–H groups in total. The molecule has 0 amide bonds. The number of rotatable bonds is 2. The molecule has 0 spiro atoms. The normalized spacial score (nSPS) is 34.5. The third kappa shape index (κ3) is 1.78. The van der Waals surface area contributed by atoms with Gasteiger partial charge in [-0.2, -0.15) is 0 Å². The standard InChI is InChI=1S/C11H19NO/c1-8(2)6-12-7-9-3-4-10(12)5-11(9)13/h8-10H,3-7H2,1-2H3. The van der Waals surface area contributed by atoms with Crippen molar-refractivity contribution in [2.24, 2.45) is 11.8 Å². The number of fused-ring (bicyclic) bond motifs is 3. The maximum Gasteiger partial charge on any atom is 0.138 e. The van der Waals surface area contributed by atoms with Crippen LogP contribution in [0.15, 0.2) is 0 Å². The van der Waals surface area contributed by atoms with Gasteiger partial charge in [-0.25, -0.2) is 0 Å². The molecule has 2 heteroatoms. The van der Waals surface area contributed by atoms with Gasteiger partial charge in [0.2, 0.25) is 0 Å². The van der Waals surface area contributed by atoms with E-state index in [1.807, 2.05) is 0 Å². The van der Waals surface area contributed by atoms with Gasteiger partial charge in [0.05, 0.1) is 0 Å². The van der Waals surface area contributed by atoms with Crippen molar-refractivity contribution < 1.29 is 4.79 Å². The number of piperidine rings is 2. The van der Waals surface area contributed by atoms with E-state index in [0.29, 0.717) is 17.7 Å². The lowest BCUT2D eigenvalue weighted by atomic mass is 9.78. The van der Waals surface area contributed by atoms with Crippen LogP contribution in [0.1, 0.15) is 33.1 Å². The minimum Gasteiger partial charge on any atom is -0.299 e. The Morgan fingerprint density at radius 2 is 2.23 bits per heavy atom. The van der Waals surface area contributed by atoms with Gasteiger partial charge in [0, 0.05) is 31.5 Å². The molecule has 2 nitrogen and oxygen atoms in total. The van der Waals surface area contributed by atoms with Crippen LogP contribution >= 0.6 is 0 Å². The highest BCUT2D eigenvalue weighted by Gasteiger charge is 2.38. The fourth-order valence-electron chi connectivity index (χ4n) is 2.69. The molecule has 0 radical (unpaired) electrons. The lowest BCUT2D eigenvalue weighted by molar-refractivity contribution is -0.132. The number of nitrogens with zero attached hydrogens (tertiary/aromatic N) is 1. The van der Waals surface area contributed by atoms with E-state index in [1.54, 1.807) is 0 Å². The first-order valence-corrected chi connectivity index (χ1v) is 5.43. The highest BCUT2D eigenvalue weighted by molar-refractivity contribution is 5.83. The lowest BCUT2D eigenvalue weighted by Crippen LogP contribution is -2.53. The second-order valence-electron chi connectivity index (χ2n) is 4.95. The van der Waals surface area contributed by atoms with Gasteiger partial charge in [-0.15, -0.1) is 0 Å². The maximum atomic E-state index is 11.5. The smallest absolute Gasteiger partial charge is 0.138 e. The molecule has 3 fully saturated rings. The first-order chi connectivity index (χ1) is 6.16. The van der Waals surface area contributed by atoms with Crippen LogP contribution in [0.3, 0.4) is 0 Å². The van der Waals surface area contributed by atoms with Crippen LogP contribution in [0.4, 0.5) is 0 Å². The molecule has 0 aromatic heterocycles. The van der Waals surface area contributed by atoms with Crippen molar-refractivity contribution in [1.29, 1.82) is 0 Å². The zero-order valence-electron chi connectivity index (χ0n) is 8.62. The van der Waals surface area contributed by atoms with Gasteiger partial charge in [0.25, 0.3) is 0 Å². The van der Waals surface area contributed by atoms with Gasteiger partial charge in [-0.3, -0.25) is 9.69 Å². The van der Waals surface area contributed by atoms with Crippen LogP contribution in [-0.2, 0) is 4.79 Å². The van der Waals surface area contributed by atoms with E-state index in [-0.39, 0.29) is 0 Å². The third-order valence-corrected chi connectivity index (χ3v) is 3.31. The minimum absolute atomic E-state index is 0.378. The van der Waals surface area contributed by atoms with Gasteiger partial charge >= 0.3 is 0 Å². The Bertz CT molecular complexity index is 212. The van der Waals surface area contributed by atoms with Crippen LogP contribution in [0, 0.1) is 11.8 Å². The highest BCUT2D eigenvalue weighted by atomic mass is 16.1. The monoisotopic (exact) mass is 181 g/mol. The van der Waals surface area contributed by atoms with E-state index < -0.39 is 0 Å². The van der Waals surface area contributed by atoms with Crippen molar-refractivity contribution in [3.63, 3.8) is 0 Å². The van der Waals surface area contributed by atoms with E-state index in [1.165, 1.54) is 13.0 Å². The number of hydrogen-bond donors (Lipinski definition) is 0. The quantitative estimate of drug-likeness (QED) is 0.646. The van der Waals surface area contributed by atoms with Gasteiger partial charge in [0.1, 0.15) is 5.78 Å². The summed E-state index contributed by atoms with van der Waals surface area (Å²) in [7, 11) is 0. The Kier molecular flexibility index (Phi) is 2.41. The molecule has 2 unspecified atom stereocenters. The first kappa shape index (κ1) is 9.20. The molecule has 0 aromatic rings. The summed E-state index contributed by atoms with van der Waals surface area (Å²) in [6, 6.07) is 0.583. The summed E-state index contributed by atoms with van der Waals surface area (Å²) >= 11 is 0. The van der Waals surface area contributed by atoms with Crippen molar-refractivity contribution in [1.82, 2.24) is 4.90 Å². The van der Waals surface area contributed by atoms with Crippen LogP contribution in [-0.4, -0.2) is 29.8 Å². The number of carbonyl (C=O) groups is 1. The predicted molar refractivity (Wildman–Crippen MR) is 52.5 cm³/mol. The largest absolute Gasteiger partial charge is 0.299 e. The Morgan fingerprint density at radius 3 is 2.69 bits per heavy atom. The van der Waals surface area contributed by atoms with Gasteiger partial charge in [-0.1, -0.05) is 13.8 Å². The zero-order valence-corrected chi connectivity index (χ0v) is 8.62. The Labute approximate surface area is 80.3 Å². The molecule has 13 heavy (non-hydrogen) atoms. The number of ketones is 1. The van der Waals surface area contributed by atoms with Gasteiger partial charge < -0.3 is 0 Å².